The molecule has 5 rings (SSSR count). The molecular formula is C30H30N2O9. The van der Waals surface area contributed by atoms with Gasteiger partial charge in [0.25, 0.3) is 0 Å². The van der Waals surface area contributed by atoms with Crippen molar-refractivity contribution in [3.8, 4) is 22.6 Å². The van der Waals surface area contributed by atoms with Crippen LogP contribution in [0, 0.1) is 23.7 Å². The lowest BCUT2D eigenvalue weighted by atomic mass is 9.52. The number of phenols is 1. The number of ether oxygens (including phenoxy) is 1. The van der Waals surface area contributed by atoms with Crippen LogP contribution in [0.25, 0.3) is 11.1 Å². The van der Waals surface area contributed by atoms with Gasteiger partial charge in [-0.15, -0.1) is 0 Å². The molecule has 0 radical (unpaired) electrons. The van der Waals surface area contributed by atoms with Crippen LogP contribution in [-0.2, 0) is 30.4 Å². The Hall–Kier alpha value is -4.22. The van der Waals surface area contributed by atoms with Gasteiger partial charge in [-0.1, -0.05) is 25.1 Å². The van der Waals surface area contributed by atoms with Crippen LogP contribution < -0.4 is 10.5 Å². The van der Waals surface area contributed by atoms with Gasteiger partial charge in [0.1, 0.15) is 11.5 Å². The first kappa shape index (κ1) is 28.3. The number of hydrogen-bond acceptors (Lipinski definition) is 10. The zero-order chi connectivity index (χ0) is 30.0. The summed E-state index contributed by atoms with van der Waals surface area (Å²) in [5.74, 6) is -11.0. The van der Waals surface area contributed by atoms with Crippen LogP contribution in [0.3, 0.4) is 0 Å². The maximum Gasteiger partial charge on any atom is 0.310 e. The van der Waals surface area contributed by atoms with Gasteiger partial charge >= 0.3 is 5.97 Å². The van der Waals surface area contributed by atoms with Crippen LogP contribution in [0.15, 0.2) is 36.4 Å². The van der Waals surface area contributed by atoms with Crippen molar-refractivity contribution in [2.45, 2.75) is 37.8 Å². The monoisotopic (exact) mass is 562 g/mol. The fourth-order valence-electron chi connectivity index (χ4n) is 6.78. The summed E-state index contributed by atoms with van der Waals surface area (Å²) in [5.41, 5.74) is 4.25. The average Bonchev–Trinajstić information content (AvgIpc) is 2.91. The van der Waals surface area contributed by atoms with Crippen molar-refractivity contribution >= 4 is 35.0 Å². The van der Waals surface area contributed by atoms with Crippen LogP contribution in [0.4, 0.5) is 0 Å². The van der Waals surface area contributed by atoms with E-state index < -0.39 is 70.3 Å². The van der Waals surface area contributed by atoms with Gasteiger partial charge in [0.05, 0.1) is 17.5 Å². The summed E-state index contributed by atoms with van der Waals surface area (Å²) >= 11 is 0. The van der Waals surface area contributed by atoms with Crippen molar-refractivity contribution in [3.05, 3.63) is 47.5 Å². The predicted molar refractivity (Wildman–Crippen MR) is 143 cm³/mol. The van der Waals surface area contributed by atoms with Crippen molar-refractivity contribution in [1.29, 1.82) is 0 Å². The van der Waals surface area contributed by atoms with E-state index in [2.05, 4.69) is 0 Å². The van der Waals surface area contributed by atoms with Crippen LogP contribution in [-0.4, -0.2) is 75.9 Å². The van der Waals surface area contributed by atoms with Crippen molar-refractivity contribution < 1.29 is 43.7 Å². The Morgan fingerprint density at radius 1 is 1.05 bits per heavy atom. The van der Waals surface area contributed by atoms with Gasteiger partial charge < -0.3 is 20.7 Å². The molecule has 3 aliphatic carbocycles. The lowest BCUT2D eigenvalue weighted by Gasteiger charge is -2.52. The molecule has 41 heavy (non-hydrogen) atoms. The summed E-state index contributed by atoms with van der Waals surface area (Å²) in [7, 11) is 3.07. The first-order chi connectivity index (χ1) is 19.3. The largest absolute Gasteiger partial charge is 0.507 e. The SMILES string of the molecule is CCC(=O)Oc1ccc(-c2ccc(O)c3c2C[C@H]2C[C@H]4C(N(C)C)C(=O)C(C(N)=O)C(=O)[C@@]4(O)C(=O)C2C3=O)cc1. The number of fused-ring (bicyclic) bond motifs is 3. The fraction of sp³-hybridized carbons (Fsp3) is 0.400. The van der Waals surface area contributed by atoms with E-state index in [4.69, 9.17) is 10.5 Å². The van der Waals surface area contributed by atoms with Crippen molar-refractivity contribution in [3.63, 3.8) is 0 Å². The number of likely N-dealkylation sites (N-methyl/N-ethyl adjacent to an activating group) is 1. The lowest BCUT2D eigenvalue weighted by Crippen LogP contribution is -2.74. The third-order valence-corrected chi connectivity index (χ3v) is 8.63. The molecule has 4 N–H and O–H groups in total. The third kappa shape index (κ3) is 4.18. The average molecular weight is 563 g/mol. The number of phenolic OH excluding ortho intramolecular Hbond substituents is 1. The molecule has 11 nitrogen and oxygen atoms in total. The molecule has 214 valence electrons. The van der Waals surface area contributed by atoms with Gasteiger partial charge in [0, 0.05) is 12.3 Å². The highest BCUT2D eigenvalue weighted by atomic mass is 16.5. The Balaban J connectivity index is 1.59. The van der Waals surface area contributed by atoms with Crippen LogP contribution >= 0.6 is 0 Å². The summed E-state index contributed by atoms with van der Waals surface area (Å²) in [6, 6.07) is 8.43. The quantitative estimate of drug-likeness (QED) is 0.268. The fourth-order valence-corrected chi connectivity index (χ4v) is 6.78. The molecule has 2 aromatic carbocycles. The molecule has 0 saturated heterocycles. The van der Waals surface area contributed by atoms with E-state index in [0.717, 1.165) is 0 Å². The molecule has 11 heteroatoms. The molecule has 2 aromatic rings. The standard InChI is InChI=1S/C30H30N2O9/c1-4-20(34)41-15-7-5-13(6-8-15)16-9-10-19(33)22-17(16)11-14-12-18-24(32(2)3)26(36)23(29(31)39)28(38)30(18,40)27(37)21(14)25(22)35/h5-10,14,18,21,23-24,33,40H,4,11-12H2,1-3H3,(H2,31,39)/t14-,18-,21?,23?,24?,30-/m0/s1. The zero-order valence-corrected chi connectivity index (χ0v) is 22.7. The topological polar surface area (TPSA) is 181 Å². The Morgan fingerprint density at radius 3 is 2.29 bits per heavy atom. The van der Waals surface area contributed by atoms with Crippen molar-refractivity contribution in [2.75, 3.05) is 14.1 Å². The summed E-state index contributed by atoms with van der Waals surface area (Å²) in [5, 5.41) is 22.4. The normalized spacial score (nSPS) is 29.0. The Bertz CT molecular complexity index is 1510. The summed E-state index contributed by atoms with van der Waals surface area (Å²) in [6.07, 6.45) is 0.314. The van der Waals surface area contributed by atoms with Gasteiger partial charge in [-0.05, 0) is 67.7 Å². The zero-order valence-electron chi connectivity index (χ0n) is 22.7. The molecule has 2 saturated carbocycles. The predicted octanol–water partition coefficient (Wildman–Crippen LogP) is 0.849. The van der Waals surface area contributed by atoms with E-state index in [1.807, 2.05) is 0 Å². The number of nitrogens with zero attached hydrogens (tertiary/aromatic N) is 1. The Labute approximate surface area is 235 Å². The number of esters is 1. The molecule has 3 unspecified atom stereocenters. The van der Waals surface area contributed by atoms with Crippen molar-refractivity contribution in [2.24, 2.45) is 29.4 Å². The number of aromatic hydroxyl groups is 1. The van der Waals surface area contributed by atoms with Crippen LogP contribution in [0.5, 0.6) is 11.5 Å². The van der Waals surface area contributed by atoms with E-state index in [1.165, 1.54) is 25.1 Å². The second kappa shape index (κ2) is 10.0. The molecule has 0 aliphatic heterocycles. The number of carbonyl (C=O) groups excluding carboxylic acids is 6. The maximum absolute atomic E-state index is 13.9. The number of carbonyl (C=O) groups is 6. The molecule has 0 aromatic heterocycles. The van der Waals surface area contributed by atoms with Crippen LogP contribution in [0.2, 0.25) is 0 Å². The Morgan fingerprint density at radius 2 is 1.71 bits per heavy atom. The van der Waals surface area contributed by atoms with Gasteiger partial charge in [-0.25, -0.2) is 0 Å². The van der Waals surface area contributed by atoms with E-state index in [9.17, 15) is 39.0 Å². The van der Waals surface area contributed by atoms with E-state index in [1.54, 1.807) is 37.3 Å². The molecule has 1 amide bonds. The highest BCUT2D eigenvalue weighted by Gasteiger charge is 2.69. The van der Waals surface area contributed by atoms with Gasteiger partial charge in [0.2, 0.25) is 5.91 Å². The number of nitrogens with two attached hydrogens (primary N) is 1. The number of rotatable bonds is 5. The second-order valence-electron chi connectivity index (χ2n) is 11.1. The summed E-state index contributed by atoms with van der Waals surface area (Å²) in [6.45, 7) is 1.68. The summed E-state index contributed by atoms with van der Waals surface area (Å²) in [4.78, 5) is 79.5. The number of benzene rings is 2. The second-order valence-corrected chi connectivity index (χ2v) is 11.1. The highest BCUT2D eigenvalue weighted by Crippen LogP contribution is 2.51. The molecule has 0 bridgehead atoms. The Kier molecular flexibility index (Phi) is 6.91. The van der Waals surface area contributed by atoms with E-state index >= 15 is 0 Å². The minimum atomic E-state index is -2.77. The molecule has 6 atom stereocenters. The number of amides is 1. The molecule has 0 spiro atoms. The van der Waals surface area contributed by atoms with E-state index in [-0.39, 0.29) is 30.6 Å². The number of hydrogen-bond donors (Lipinski definition) is 3. The number of ketones is 4. The summed E-state index contributed by atoms with van der Waals surface area (Å²) < 4.78 is 5.23. The molecule has 0 heterocycles. The number of primary amides is 1. The maximum atomic E-state index is 13.9. The number of Topliss-reactive ketones (excluding diaryl/α,β-unsaturated/α-hetero) is 4. The lowest BCUT2D eigenvalue weighted by molar-refractivity contribution is -0.181. The molecule has 2 fully saturated rings. The minimum Gasteiger partial charge on any atom is -0.507 e. The first-order valence-corrected chi connectivity index (χ1v) is 13.3. The van der Waals surface area contributed by atoms with E-state index in [0.29, 0.717) is 22.4 Å². The first-order valence-electron chi connectivity index (χ1n) is 13.3. The van der Waals surface area contributed by atoms with Gasteiger partial charge in [-0.3, -0.25) is 33.7 Å². The molecule has 3 aliphatic rings. The third-order valence-electron chi connectivity index (χ3n) is 8.63. The van der Waals surface area contributed by atoms with Gasteiger partial charge in [0.15, 0.2) is 34.7 Å². The smallest absolute Gasteiger partial charge is 0.310 e. The highest BCUT2D eigenvalue weighted by molar-refractivity contribution is 6.32. The van der Waals surface area contributed by atoms with Crippen molar-refractivity contribution in [1.82, 2.24) is 4.90 Å². The molecular weight excluding hydrogens is 532 g/mol. The van der Waals surface area contributed by atoms with Gasteiger partial charge in [-0.2, -0.15) is 0 Å². The van der Waals surface area contributed by atoms with Crippen LogP contribution in [0.1, 0.15) is 35.7 Å². The minimum absolute atomic E-state index is 0.0368. The number of aliphatic hydroxyl groups is 1.